The highest BCUT2D eigenvalue weighted by Gasteiger charge is 2.08. The van der Waals surface area contributed by atoms with Gasteiger partial charge in [0.1, 0.15) is 11.6 Å². The van der Waals surface area contributed by atoms with Crippen molar-refractivity contribution in [1.29, 1.82) is 0 Å². The Kier molecular flexibility index (Phi) is 8.63. The minimum atomic E-state index is -0.824. The molecule has 0 aliphatic heterocycles. The molecule has 0 aliphatic carbocycles. The number of rotatable bonds is 4. The molecule has 0 saturated heterocycles. The Morgan fingerprint density at radius 3 is 1.12 bits per heavy atom. The summed E-state index contributed by atoms with van der Waals surface area (Å²) in [5, 5.41) is 0. The standard InChI is InChI=1S/2C19H14F2/c1-13-2-4-14(5-3-13)16-8-11-18(19(21)12-16)15-6-9-17(20)10-7-15;1-13-2-4-14(5-3-13)15-6-8-16(9-7-15)17-10-11-18(20)19(21)12-17/h2*2-12H,1H3. The molecule has 0 bridgehead atoms. The van der Waals surface area contributed by atoms with Crippen molar-refractivity contribution >= 4 is 0 Å². The van der Waals surface area contributed by atoms with E-state index in [1.807, 2.05) is 61.5 Å². The van der Waals surface area contributed by atoms with Crippen molar-refractivity contribution in [2.24, 2.45) is 0 Å². The molecular weight excluding hydrogens is 532 g/mol. The van der Waals surface area contributed by atoms with E-state index in [9.17, 15) is 17.6 Å². The van der Waals surface area contributed by atoms with E-state index in [2.05, 4.69) is 31.2 Å². The van der Waals surface area contributed by atoms with Gasteiger partial charge in [0.2, 0.25) is 0 Å². The van der Waals surface area contributed by atoms with Crippen molar-refractivity contribution in [1.82, 2.24) is 0 Å². The summed E-state index contributed by atoms with van der Waals surface area (Å²) in [5.41, 5.74) is 9.12. The van der Waals surface area contributed by atoms with Crippen LogP contribution in [0.4, 0.5) is 17.6 Å². The second-order valence-electron chi connectivity index (χ2n) is 10.1. The van der Waals surface area contributed by atoms with Crippen LogP contribution in [0, 0.1) is 37.1 Å². The van der Waals surface area contributed by atoms with E-state index in [4.69, 9.17) is 0 Å². The number of halogens is 4. The Morgan fingerprint density at radius 1 is 0.310 bits per heavy atom. The van der Waals surface area contributed by atoms with E-state index in [0.717, 1.165) is 33.9 Å². The predicted octanol–water partition coefficient (Wildman–Crippen LogP) is 11.2. The van der Waals surface area contributed by atoms with Gasteiger partial charge in [-0.3, -0.25) is 0 Å². The van der Waals surface area contributed by atoms with Crippen LogP contribution in [-0.4, -0.2) is 0 Å². The fraction of sp³-hybridized carbons (Fsp3) is 0.0526. The van der Waals surface area contributed by atoms with Crippen LogP contribution < -0.4 is 0 Å². The van der Waals surface area contributed by atoms with Crippen LogP contribution in [0.15, 0.2) is 133 Å². The predicted molar refractivity (Wildman–Crippen MR) is 164 cm³/mol. The molecule has 0 aliphatic rings. The molecule has 0 unspecified atom stereocenters. The Balaban J connectivity index is 0.000000168. The van der Waals surface area contributed by atoms with Crippen LogP contribution in [0.5, 0.6) is 0 Å². The maximum Gasteiger partial charge on any atom is 0.159 e. The first kappa shape index (κ1) is 28.6. The molecule has 6 rings (SSSR count). The van der Waals surface area contributed by atoms with Crippen LogP contribution in [0.2, 0.25) is 0 Å². The molecule has 0 radical (unpaired) electrons. The summed E-state index contributed by atoms with van der Waals surface area (Å²) in [5.74, 6) is -2.28. The largest absolute Gasteiger partial charge is 0.207 e. The fourth-order valence-electron chi connectivity index (χ4n) is 4.58. The smallest absolute Gasteiger partial charge is 0.159 e. The van der Waals surface area contributed by atoms with Crippen LogP contribution in [0.25, 0.3) is 44.5 Å². The van der Waals surface area contributed by atoms with Crippen molar-refractivity contribution in [2.75, 3.05) is 0 Å². The van der Waals surface area contributed by atoms with Crippen LogP contribution in [-0.2, 0) is 0 Å². The topological polar surface area (TPSA) is 0 Å². The molecule has 6 aromatic rings. The molecule has 0 spiro atoms. The zero-order valence-electron chi connectivity index (χ0n) is 23.2. The zero-order valence-corrected chi connectivity index (χ0v) is 23.2. The first-order chi connectivity index (χ1) is 20.3. The first-order valence-electron chi connectivity index (χ1n) is 13.5. The summed E-state index contributed by atoms with van der Waals surface area (Å²) >= 11 is 0. The van der Waals surface area contributed by atoms with Crippen LogP contribution >= 0.6 is 0 Å². The van der Waals surface area contributed by atoms with Gasteiger partial charge in [0, 0.05) is 5.56 Å². The lowest BCUT2D eigenvalue weighted by Crippen LogP contribution is -1.87. The van der Waals surface area contributed by atoms with Crippen molar-refractivity contribution in [3.05, 3.63) is 168 Å². The number of hydrogen-bond acceptors (Lipinski definition) is 0. The van der Waals surface area contributed by atoms with Gasteiger partial charge >= 0.3 is 0 Å². The SMILES string of the molecule is Cc1ccc(-c2ccc(-c3ccc(F)c(F)c3)cc2)cc1.Cc1ccc(-c2ccc(-c3ccc(F)cc3)c(F)c2)cc1. The lowest BCUT2D eigenvalue weighted by Gasteiger charge is -2.07. The minimum absolute atomic E-state index is 0.306. The third-order valence-corrected chi connectivity index (χ3v) is 7.03. The quantitative estimate of drug-likeness (QED) is 0.188. The zero-order chi connectivity index (χ0) is 29.6. The van der Waals surface area contributed by atoms with Crippen LogP contribution in [0.1, 0.15) is 11.1 Å². The number of aryl methyl sites for hydroxylation is 2. The van der Waals surface area contributed by atoms with Gasteiger partial charge in [-0.1, -0.05) is 114 Å². The van der Waals surface area contributed by atoms with Crippen LogP contribution in [0.3, 0.4) is 0 Å². The van der Waals surface area contributed by atoms with Crippen molar-refractivity contribution in [2.45, 2.75) is 13.8 Å². The first-order valence-corrected chi connectivity index (χ1v) is 13.5. The highest BCUT2D eigenvalue weighted by molar-refractivity contribution is 5.72. The second kappa shape index (κ2) is 12.7. The summed E-state index contributed by atoms with van der Waals surface area (Å²) in [6, 6.07) is 39.0. The molecule has 0 heterocycles. The maximum absolute atomic E-state index is 14.3. The molecule has 42 heavy (non-hydrogen) atoms. The van der Waals surface area contributed by atoms with Gasteiger partial charge in [-0.15, -0.1) is 0 Å². The van der Waals surface area contributed by atoms with Gasteiger partial charge in [-0.05, 0) is 83.1 Å². The summed E-state index contributed by atoms with van der Waals surface area (Å²) in [7, 11) is 0. The summed E-state index contributed by atoms with van der Waals surface area (Å²) in [6.45, 7) is 4.07. The van der Waals surface area contributed by atoms with Gasteiger partial charge < -0.3 is 0 Å². The molecule has 0 amide bonds. The minimum Gasteiger partial charge on any atom is -0.207 e. The number of hydrogen-bond donors (Lipinski definition) is 0. The van der Waals surface area contributed by atoms with E-state index in [1.165, 1.54) is 35.4 Å². The van der Waals surface area contributed by atoms with Crippen molar-refractivity contribution in [3.8, 4) is 44.5 Å². The average Bonchev–Trinajstić information content (AvgIpc) is 3.00. The van der Waals surface area contributed by atoms with Gasteiger partial charge in [0.05, 0.1) is 0 Å². The summed E-state index contributed by atoms with van der Waals surface area (Å²) in [4.78, 5) is 0. The average molecular weight is 561 g/mol. The van der Waals surface area contributed by atoms with Gasteiger partial charge in [-0.25, -0.2) is 17.6 Å². The maximum atomic E-state index is 14.3. The molecule has 0 fully saturated rings. The molecule has 0 atom stereocenters. The molecule has 0 N–H and O–H groups in total. The van der Waals surface area contributed by atoms with E-state index in [1.54, 1.807) is 24.3 Å². The molecule has 0 aromatic heterocycles. The lowest BCUT2D eigenvalue weighted by atomic mass is 9.99. The van der Waals surface area contributed by atoms with Crippen molar-refractivity contribution in [3.63, 3.8) is 0 Å². The fourth-order valence-corrected chi connectivity index (χ4v) is 4.58. The molecular formula is C38H28F4. The second-order valence-corrected chi connectivity index (χ2v) is 10.1. The van der Waals surface area contributed by atoms with Gasteiger partial charge in [-0.2, -0.15) is 0 Å². The Labute approximate surface area is 243 Å². The van der Waals surface area contributed by atoms with E-state index in [-0.39, 0.29) is 11.6 Å². The molecule has 6 aromatic carbocycles. The lowest BCUT2D eigenvalue weighted by molar-refractivity contribution is 0.509. The Bertz CT molecular complexity index is 1790. The third-order valence-electron chi connectivity index (χ3n) is 7.03. The third kappa shape index (κ3) is 6.84. The number of benzene rings is 6. The highest BCUT2D eigenvalue weighted by atomic mass is 19.2. The monoisotopic (exact) mass is 560 g/mol. The molecule has 0 nitrogen and oxygen atoms in total. The molecule has 208 valence electrons. The Hall–Kier alpha value is -4.96. The van der Waals surface area contributed by atoms with Gasteiger partial charge in [0.15, 0.2) is 11.6 Å². The van der Waals surface area contributed by atoms with E-state index >= 15 is 0 Å². The van der Waals surface area contributed by atoms with Gasteiger partial charge in [0.25, 0.3) is 0 Å². The van der Waals surface area contributed by atoms with Crippen molar-refractivity contribution < 1.29 is 17.6 Å². The van der Waals surface area contributed by atoms with E-state index < -0.39 is 11.6 Å². The molecule has 0 saturated carbocycles. The van der Waals surface area contributed by atoms with E-state index in [0.29, 0.717) is 16.7 Å². The molecule has 4 heteroatoms. The summed E-state index contributed by atoms with van der Waals surface area (Å²) in [6.07, 6.45) is 0. The highest BCUT2D eigenvalue weighted by Crippen LogP contribution is 2.29. The Morgan fingerprint density at radius 2 is 0.667 bits per heavy atom. The normalized spacial score (nSPS) is 10.6. The summed E-state index contributed by atoms with van der Waals surface area (Å²) < 4.78 is 53.5.